The van der Waals surface area contributed by atoms with Gasteiger partial charge in [0.05, 0.1) is 14.2 Å². The van der Waals surface area contributed by atoms with Gasteiger partial charge in [-0.3, -0.25) is 9.59 Å². The first-order valence-corrected chi connectivity index (χ1v) is 8.24. The van der Waals surface area contributed by atoms with Gasteiger partial charge in [0.25, 0.3) is 5.91 Å². The van der Waals surface area contributed by atoms with Gasteiger partial charge in [0.2, 0.25) is 5.91 Å². The van der Waals surface area contributed by atoms with Crippen LogP contribution in [0.1, 0.15) is 28.4 Å². The Hall–Kier alpha value is -3.02. The summed E-state index contributed by atoms with van der Waals surface area (Å²) in [6.07, 6.45) is 0. The van der Waals surface area contributed by atoms with Gasteiger partial charge in [0, 0.05) is 32.6 Å². The van der Waals surface area contributed by atoms with Crippen LogP contribution in [0.25, 0.3) is 0 Å². The minimum atomic E-state index is -0.0835. The highest BCUT2D eigenvalue weighted by molar-refractivity contribution is 5.94. The largest absolute Gasteiger partial charge is 0.493 e. The van der Waals surface area contributed by atoms with Crippen LogP contribution in [0.15, 0.2) is 42.5 Å². The Kier molecular flexibility index (Phi) is 6.60. The van der Waals surface area contributed by atoms with Crippen molar-refractivity contribution in [3.05, 3.63) is 59.2 Å². The van der Waals surface area contributed by atoms with Gasteiger partial charge in [-0.05, 0) is 35.4 Å². The van der Waals surface area contributed by atoms with Crippen LogP contribution in [0.2, 0.25) is 0 Å². The molecule has 1 N–H and O–H groups in total. The van der Waals surface area contributed by atoms with E-state index in [4.69, 9.17) is 9.47 Å². The Morgan fingerprint density at radius 3 is 2.15 bits per heavy atom. The molecule has 0 heterocycles. The maximum absolute atomic E-state index is 12.6. The van der Waals surface area contributed by atoms with Gasteiger partial charge in [-0.2, -0.15) is 0 Å². The Balaban J connectivity index is 2.04. The van der Waals surface area contributed by atoms with E-state index >= 15 is 0 Å². The predicted molar refractivity (Wildman–Crippen MR) is 99.3 cm³/mol. The summed E-state index contributed by atoms with van der Waals surface area (Å²) in [5.74, 6) is 1.12. The number of benzene rings is 2. The summed E-state index contributed by atoms with van der Waals surface area (Å²) in [6.45, 7) is 2.37. The second kappa shape index (κ2) is 8.89. The molecule has 0 aliphatic carbocycles. The van der Waals surface area contributed by atoms with Crippen LogP contribution in [0.4, 0.5) is 0 Å². The Labute approximate surface area is 153 Å². The highest BCUT2D eigenvalue weighted by Crippen LogP contribution is 2.28. The average molecular weight is 356 g/mol. The minimum Gasteiger partial charge on any atom is -0.493 e. The van der Waals surface area contributed by atoms with E-state index in [1.54, 1.807) is 38.3 Å². The van der Waals surface area contributed by atoms with E-state index in [1.807, 2.05) is 30.3 Å². The summed E-state index contributed by atoms with van der Waals surface area (Å²) in [6, 6.07) is 12.8. The zero-order valence-electron chi connectivity index (χ0n) is 15.5. The van der Waals surface area contributed by atoms with Crippen molar-refractivity contribution < 1.29 is 19.1 Å². The monoisotopic (exact) mass is 356 g/mol. The highest BCUT2D eigenvalue weighted by atomic mass is 16.5. The molecule has 0 aliphatic rings. The zero-order chi connectivity index (χ0) is 19.1. The first-order chi connectivity index (χ1) is 12.4. The molecule has 6 heteroatoms. The SMILES string of the molecule is COc1ccc(CN(C)C(=O)c2ccc(CNC(C)=O)cc2)cc1OC. The molecule has 0 atom stereocenters. The van der Waals surface area contributed by atoms with Crippen LogP contribution < -0.4 is 14.8 Å². The van der Waals surface area contributed by atoms with Crippen LogP contribution in [0.3, 0.4) is 0 Å². The number of hydrogen-bond acceptors (Lipinski definition) is 4. The molecule has 0 unspecified atom stereocenters. The molecule has 26 heavy (non-hydrogen) atoms. The fraction of sp³-hybridized carbons (Fsp3) is 0.300. The number of hydrogen-bond donors (Lipinski definition) is 1. The summed E-state index contributed by atoms with van der Waals surface area (Å²) in [5, 5.41) is 2.73. The van der Waals surface area contributed by atoms with Crippen LogP contribution in [-0.2, 0) is 17.9 Å². The summed E-state index contributed by atoms with van der Waals surface area (Å²) < 4.78 is 10.5. The van der Waals surface area contributed by atoms with E-state index in [1.165, 1.54) is 6.92 Å². The molecular weight excluding hydrogens is 332 g/mol. The predicted octanol–water partition coefficient (Wildman–Crippen LogP) is 2.61. The second-order valence-corrected chi connectivity index (χ2v) is 5.96. The van der Waals surface area contributed by atoms with E-state index in [9.17, 15) is 9.59 Å². The standard InChI is InChI=1S/C20H24N2O4/c1-14(23)21-12-15-5-8-17(9-6-15)20(24)22(2)13-16-7-10-18(25-3)19(11-16)26-4/h5-11H,12-13H2,1-4H3,(H,21,23). The third kappa shape index (κ3) is 4.99. The lowest BCUT2D eigenvalue weighted by Crippen LogP contribution is -2.26. The maximum atomic E-state index is 12.6. The molecule has 0 aliphatic heterocycles. The minimum absolute atomic E-state index is 0.0779. The lowest BCUT2D eigenvalue weighted by molar-refractivity contribution is -0.119. The Bertz CT molecular complexity index is 772. The Morgan fingerprint density at radius 2 is 1.58 bits per heavy atom. The van der Waals surface area contributed by atoms with Crippen molar-refractivity contribution in [1.29, 1.82) is 0 Å². The number of rotatable bonds is 7. The molecule has 0 radical (unpaired) electrons. The maximum Gasteiger partial charge on any atom is 0.253 e. The highest BCUT2D eigenvalue weighted by Gasteiger charge is 2.13. The van der Waals surface area contributed by atoms with Crippen molar-refractivity contribution in [3.63, 3.8) is 0 Å². The second-order valence-electron chi connectivity index (χ2n) is 5.96. The van der Waals surface area contributed by atoms with Crippen LogP contribution >= 0.6 is 0 Å². The molecule has 2 aromatic carbocycles. The van der Waals surface area contributed by atoms with Gasteiger partial charge >= 0.3 is 0 Å². The fourth-order valence-corrected chi connectivity index (χ4v) is 2.54. The lowest BCUT2D eigenvalue weighted by Gasteiger charge is -2.18. The van der Waals surface area contributed by atoms with Crippen molar-refractivity contribution in [1.82, 2.24) is 10.2 Å². The van der Waals surface area contributed by atoms with Crippen molar-refractivity contribution in [2.24, 2.45) is 0 Å². The summed E-state index contributed by atoms with van der Waals surface area (Å²) in [5.41, 5.74) is 2.49. The first-order valence-electron chi connectivity index (χ1n) is 8.24. The van der Waals surface area contributed by atoms with Crippen LogP contribution in [-0.4, -0.2) is 38.0 Å². The molecule has 138 valence electrons. The summed E-state index contributed by atoms with van der Waals surface area (Å²) >= 11 is 0. The summed E-state index contributed by atoms with van der Waals surface area (Å²) in [4.78, 5) is 25.2. The van der Waals surface area contributed by atoms with Crippen LogP contribution in [0.5, 0.6) is 11.5 Å². The fourth-order valence-electron chi connectivity index (χ4n) is 2.54. The molecule has 0 fully saturated rings. The van der Waals surface area contributed by atoms with Gasteiger partial charge < -0.3 is 19.7 Å². The topological polar surface area (TPSA) is 67.9 Å². The van der Waals surface area contributed by atoms with Gasteiger partial charge in [-0.1, -0.05) is 18.2 Å². The molecule has 0 bridgehead atoms. The molecule has 2 rings (SSSR count). The van der Waals surface area contributed by atoms with Gasteiger partial charge in [-0.15, -0.1) is 0 Å². The number of ether oxygens (including phenoxy) is 2. The third-order valence-corrected chi connectivity index (χ3v) is 3.96. The van der Waals surface area contributed by atoms with E-state index < -0.39 is 0 Å². The quantitative estimate of drug-likeness (QED) is 0.828. The van der Waals surface area contributed by atoms with E-state index in [0.29, 0.717) is 30.2 Å². The number of amides is 2. The summed E-state index contributed by atoms with van der Waals surface area (Å²) in [7, 11) is 4.92. The smallest absolute Gasteiger partial charge is 0.253 e. The van der Waals surface area contributed by atoms with Crippen molar-refractivity contribution in [2.75, 3.05) is 21.3 Å². The number of nitrogens with one attached hydrogen (secondary N) is 1. The van der Waals surface area contributed by atoms with Crippen LogP contribution in [0, 0.1) is 0 Å². The van der Waals surface area contributed by atoms with Gasteiger partial charge in [0.1, 0.15) is 0 Å². The molecular formula is C20H24N2O4. The number of carbonyl (C=O) groups is 2. The number of nitrogens with zero attached hydrogens (tertiary/aromatic N) is 1. The Morgan fingerprint density at radius 1 is 0.962 bits per heavy atom. The molecule has 2 amide bonds. The van der Waals surface area contributed by atoms with E-state index in [2.05, 4.69) is 5.32 Å². The number of carbonyl (C=O) groups excluding carboxylic acids is 2. The molecule has 0 saturated heterocycles. The molecule has 0 spiro atoms. The van der Waals surface area contributed by atoms with E-state index in [-0.39, 0.29) is 11.8 Å². The molecule has 0 saturated carbocycles. The van der Waals surface area contributed by atoms with E-state index in [0.717, 1.165) is 11.1 Å². The lowest BCUT2D eigenvalue weighted by atomic mass is 10.1. The first kappa shape index (κ1) is 19.3. The van der Waals surface area contributed by atoms with Gasteiger partial charge in [0.15, 0.2) is 11.5 Å². The average Bonchev–Trinajstić information content (AvgIpc) is 2.65. The van der Waals surface area contributed by atoms with Crippen molar-refractivity contribution >= 4 is 11.8 Å². The van der Waals surface area contributed by atoms with Gasteiger partial charge in [-0.25, -0.2) is 0 Å². The molecule has 0 aromatic heterocycles. The number of methoxy groups -OCH3 is 2. The normalized spacial score (nSPS) is 10.2. The zero-order valence-corrected chi connectivity index (χ0v) is 15.5. The third-order valence-electron chi connectivity index (χ3n) is 3.96. The molecule has 6 nitrogen and oxygen atoms in total. The molecule has 2 aromatic rings. The van der Waals surface area contributed by atoms with Crippen molar-refractivity contribution in [3.8, 4) is 11.5 Å². The van der Waals surface area contributed by atoms with Crippen molar-refractivity contribution in [2.45, 2.75) is 20.0 Å².